The van der Waals surface area contributed by atoms with Crippen molar-refractivity contribution in [2.24, 2.45) is 0 Å². The van der Waals surface area contributed by atoms with Crippen molar-refractivity contribution in [2.45, 2.75) is 77.6 Å². The quantitative estimate of drug-likeness (QED) is 0.201. The average molecular weight is 509 g/mol. The highest BCUT2D eigenvalue weighted by Gasteiger charge is 2.38. The molecule has 0 aromatic heterocycles. The number of carbonyl (C=O) groups is 2. The van der Waals surface area contributed by atoms with Crippen molar-refractivity contribution >= 4 is 18.0 Å². The lowest BCUT2D eigenvalue weighted by atomic mass is 9.62. The second kappa shape index (κ2) is 11.8. The maximum Gasteiger partial charge on any atom is 0.328 e. The van der Waals surface area contributed by atoms with E-state index in [0.29, 0.717) is 19.0 Å². The molecule has 2 aromatic carbocycles. The first-order valence-electron chi connectivity index (χ1n) is 13.0. The van der Waals surface area contributed by atoms with Crippen LogP contribution in [0.15, 0.2) is 36.4 Å². The van der Waals surface area contributed by atoms with Gasteiger partial charge in [-0.2, -0.15) is 0 Å². The van der Waals surface area contributed by atoms with Crippen molar-refractivity contribution in [1.82, 2.24) is 0 Å². The first-order chi connectivity index (χ1) is 17.4. The van der Waals surface area contributed by atoms with Gasteiger partial charge >= 0.3 is 11.9 Å². The van der Waals surface area contributed by atoms with E-state index in [9.17, 15) is 9.59 Å². The van der Waals surface area contributed by atoms with Crippen LogP contribution in [-0.2, 0) is 25.2 Å². The number of rotatable bonds is 11. The molecule has 3 rings (SSSR count). The molecule has 0 atom stereocenters. The Bertz CT molecular complexity index is 1160. The SMILES string of the molecule is COc1ccc(C=CC(=O)O)cc1-c1cc2c(cc1OCCCCCOC(C)=O)C(C)(C)CCC2(C)C. The molecule has 0 aliphatic heterocycles. The molecule has 37 heavy (non-hydrogen) atoms. The Hall–Kier alpha value is -3.28. The molecular weight excluding hydrogens is 468 g/mol. The van der Waals surface area contributed by atoms with Crippen LogP contribution in [0.1, 0.15) is 83.4 Å². The fourth-order valence-corrected chi connectivity index (χ4v) is 4.91. The largest absolute Gasteiger partial charge is 0.496 e. The minimum atomic E-state index is -0.993. The number of carboxylic acid groups (broad SMARTS) is 1. The van der Waals surface area contributed by atoms with Gasteiger partial charge in [-0.1, -0.05) is 33.8 Å². The topological polar surface area (TPSA) is 82.1 Å². The summed E-state index contributed by atoms with van der Waals surface area (Å²) < 4.78 is 17.2. The minimum Gasteiger partial charge on any atom is -0.496 e. The molecule has 0 saturated carbocycles. The van der Waals surface area contributed by atoms with Gasteiger partial charge in [-0.05, 0) is 90.0 Å². The second-order valence-corrected chi connectivity index (χ2v) is 11.0. The Morgan fingerprint density at radius 1 is 0.892 bits per heavy atom. The molecule has 0 amide bonds. The third kappa shape index (κ3) is 7.15. The van der Waals surface area contributed by atoms with Crippen molar-refractivity contribution in [3.05, 3.63) is 53.1 Å². The third-order valence-corrected chi connectivity index (χ3v) is 7.24. The monoisotopic (exact) mass is 508 g/mol. The smallest absolute Gasteiger partial charge is 0.328 e. The number of esters is 1. The molecule has 0 spiro atoms. The zero-order valence-electron chi connectivity index (χ0n) is 23.0. The maximum absolute atomic E-state index is 11.1. The summed E-state index contributed by atoms with van der Waals surface area (Å²) in [5, 5.41) is 9.09. The van der Waals surface area contributed by atoms with Crippen molar-refractivity contribution in [1.29, 1.82) is 0 Å². The first-order valence-corrected chi connectivity index (χ1v) is 13.0. The molecule has 2 aromatic rings. The summed E-state index contributed by atoms with van der Waals surface area (Å²) in [4.78, 5) is 22.1. The highest BCUT2D eigenvalue weighted by atomic mass is 16.5. The van der Waals surface area contributed by atoms with E-state index in [4.69, 9.17) is 19.3 Å². The summed E-state index contributed by atoms with van der Waals surface area (Å²) in [6, 6.07) is 10.1. The number of unbranched alkanes of at least 4 members (excludes halogenated alkanes) is 2. The van der Waals surface area contributed by atoms with Crippen LogP contribution in [-0.4, -0.2) is 37.4 Å². The number of carboxylic acids is 1. The van der Waals surface area contributed by atoms with Gasteiger partial charge in [-0.25, -0.2) is 4.79 Å². The van der Waals surface area contributed by atoms with Crippen LogP contribution < -0.4 is 9.47 Å². The van der Waals surface area contributed by atoms with Crippen LogP contribution in [0.2, 0.25) is 0 Å². The average Bonchev–Trinajstić information content (AvgIpc) is 2.84. The van der Waals surface area contributed by atoms with E-state index in [1.54, 1.807) is 13.2 Å². The van der Waals surface area contributed by atoms with Gasteiger partial charge in [0.2, 0.25) is 0 Å². The van der Waals surface area contributed by atoms with Crippen molar-refractivity contribution in [2.75, 3.05) is 20.3 Å². The lowest BCUT2D eigenvalue weighted by Crippen LogP contribution is -2.34. The Kier molecular flexibility index (Phi) is 9.06. The Labute approximate surface area is 220 Å². The highest BCUT2D eigenvalue weighted by Crippen LogP contribution is 2.50. The Morgan fingerprint density at radius 3 is 2.14 bits per heavy atom. The van der Waals surface area contributed by atoms with Crippen molar-refractivity contribution < 1.29 is 28.9 Å². The van der Waals surface area contributed by atoms with Gasteiger partial charge in [-0.3, -0.25) is 4.79 Å². The second-order valence-electron chi connectivity index (χ2n) is 11.0. The van der Waals surface area contributed by atoms with Gasteiger partial charge in [0.1, 0.15) is 11.5 Å². The van der Waals surface area contributed by atoms with Crippen LogP contribution in [0.4, 0.5) is 0 Å². The molecule has 0 bridgehead atoms. The van der Waals surface area contributed by atoms with Crippen LogP contribution in [0.25, 0.3) is 17.2 Å². The molecule has 0 heterocycles. The number of aliphatic carboxylic acids is 1. The molecule has 1 aliphatic carbocycles. The predicted octanol–water partition coefficient (Wildman–Crippen LogP) is 6.92. The first kappa shape index (κ1) is 28.3. The summed E-state index contributed by atoms with van der Waals surface area (Å²) >= 11 is 0. The molecular formula is C31H40O6. The van der Waals surface area contributed by atoms with Gasteiger partial charge in [-0.15, -0.1) is 0 Å². The van der Waals surface area contributed by atoms with E-state index < -0.39 is 5.97 Å². The summed E-state index contributed by atoms with van der Waals surface area (Å²) in [5.41, 5.74) is 5.23. The molecule has 1 N–H and O–H groups in total. The number of ether oxygens (including phenoxy) is 3. The van der Waals surface area contributed by atoms with E-state index >= 15 is 0 Å². The van der Waals surface area contributed by atoms with Gasteiger partial charge < -0.3 is 19.3 Å². The fourth-order valence-electron chi connectivity index (χ4n) is 4.91. The predicted molar refractivity (Wildman–Crippen MR) is 146 cm³/mol. The number of carbonyl (C=O) groups excluding carboxylic acids is 1. The normalized spacial score (nSPS) is 15.7. The van der Waals surface area contributed by atoms with Crippen LogP contribution in [0.3, 0.4) is 0 Å². The molecule has 0 saturated heterocycles. The van der Waals surface area contributed by atoms with Gasteiger partial charge in [0.25, 0.3) is 0 Å². The zero-order chi connectivity index (χ0) is 27.2. The van der Waals surface area contributed by atoms with E-state index in [1.165, 1.54) is 18.1 Å². The standard InChI is InChI=1S/C31H40O6/c1-21(32)36-16-8-7-9-17-37-28-20-26-25(30(2,3)14-15-31(26,4)5)19-24(28)23-18-22(11-13-29(33)34)10-12-27(23)35-6/h10-13,18-20H,7-9,14-17H2,1-6H3,(H,33,34). The zero-order valence-corrected chi connectivity index (χ0v) is 23.0. The summed E-state index contributed by atoms with van der Waals surface area (Å²) in [6.45, 7) is 11.5. The molecule has 200 valence electrons. The van der Waals surface area contributed by atoms with E-state index in [0.717, 1.165) is 60.6 Å². The van der Waals surface area contributed by atoms with Crippen molar-refractivity contribution in [3.63, 3.8) is 0 Å². The lowest BCUT2D eigenvalue weighted by Gasteiger charge is -2.42. The summed E-state index contributed by atoms with van der Waals surface area (Å²) in [5.74, 6) is 0.247. The molecule has 0 fully saturated rings. The molecule has 0 radical (unpaired) electrons. The number of hydrogen-bond donors (Lipinski definition) is 1. The maximum atomic E-state index is 11.1. The number of hydrogen-bond acceptors (Lipinski definition) is 5. The molecule has 1 aliphatic rings. The minimum absolute atomic E-state index is 0.0168. The Morgan fingerprint density at radius 2 is 1.51 bits per heavy atom. The molecule has 6 heteroatoms. The number of benzene rings is 2. The number of fused-ring (bicyclic) bond motifs is 1. The van der Waals surface area contributed by atoms with Crippen LogP contribution >= 0.6 is 0 Å². The van der Waals surface area contributed by atoms with E-state index in [2.05, 4.69) is 39.8 Å². The highest BCUT2D eigenvalue weighted by molar-refractivity contribution is 5.86. The lowest BCUT2D eigenvalue weighted by molar-refractivity contribution is -0.141. The molecule has 6 nitrogen and oxygen atoms in total. The van der Waals surface area contributed by atoms with Gasteiger partial charge in [0.05, 0.1) is 20.3 Å². The van der Waals surface area contributed by atoms with Crippen LogP contribution in [0.5, 0.6) is 11.5 Å². The van der Waals surface area contributed by atoms with Crippen LogP contribution in [0, 0.1) is 0 Å². The summed E-state index contributed by atoms with van der Waals surface area (Å²) in [7, 11) is 1.64. The van der Waals surface area contributed by atoms with E-state index in [1.807, 2.05) is 18.2 Å². The number of methoxy groups -OCH3 is 1. The summed E-state index contributed by atoms with van der Waals surface area (Å²) in [6.07, 6.45) is 7.44. The van der Waals surface area contributed by atoms with E-state index in [-0.39, 0.29) is 16.8 Å². The molecule has 0 unspecified atom stereocenters. The Balaban J connectivity index is 2.02. The third-order valence-electron chi connectivity index (χ3n) is 7.24. The van der Waals surface area contributed by atoms with Gasteiger partial charge in [0, 0.05) is 24.1 Å². The fraction of sp³-hybridized carbons (Fsp3) is 0.484. The van der Waals surface area contributed by atoms with Gasteiger partial charge in [0.15, 0.2) is 0 Å². The van der Waals surface area contributed by atoms with Crippen molar-refractivity contribution in [3.8, 4) is 22.6 Å².